The Balaban J connectivity index is 3.35. The monoisotopic (exact) mass is 364 g/mol. The first-order chi connectivity index (χ1) is 12.0. The summed E-state index contributed by atoms with van der Waals surface area (Å²) in [5, 5.41) is 21.7. The SMILES string of the molecule is CCC(C)C(=O)C1C(=O)C(CC=C(C)C)[C@](O)([C@H](O)CC=C(C)C)C1=O. The molecule has 0 radical (unpaired) electrons. The summed E-state index contributed by atoms with van der Waals surface area (Å²) >= 11 is 0. The van der Waals surface area contributed by atoms with E-state index in [0.29, 0.717) is 6.42 Å². The molecule has 26 heavy (non-hydrogen) atoms. The van der Waals surface area contributed by atoms with Gasteiger partial charge in [0.25, 0.3) is 0 Å². The number of hydrogen-bond acceptors (Lipinski definition) is 5. The van der Waals surface area contributed by atoms with Gasteiger partial charge in [-0.2, -0.15) is 0 Å². The lowest BCUT2D eigenvalue weighted by atomic mass is 9.80. The van der Waals surface area contributed by atoms with Gasteiger partial charge in [0.15, 0.2) is 23.0 Å². The zero-order chi connectivity index (χ0) is 20.2. The summed E-state index contributed by atoms with van der Waals surface area (Å²) in [5.41, 5.74) is -0.372. The van der Waals surface area contributed by atoms with Gasteiger partial charge in [-0.25, -0.2) is 0 Å². The van der Waals surface area contributed by atoms with Crippen molar-refractivity contribution < 1.29 is 24.6 Å². The van der Waals surface area contributed by atoms with Crippen LogP contribution in [-0.2, 0) is 14.4 Å². The van der Waals surface area contributed by atoms with Gasteiger partial charge < -0.3 is 10.2 Å². The fourth-order valence-electron chi connectivity index (χ4n) is 3.28. The molecular formula is C21H32O5. The standard InChI is InChI=1S/C21H32O5/c1-7-14(6)18(23)17-19(24)15(10-8-12(2)3)21(26,20(17)25)16(22)11-9-13(4)5/h8-9,14-17,22,26H,7,10-11H2,1-6H3/t14?,15?,16-,17?,21+/m1/s1. The Kier molecular flexibility index (Phi) is 7.66. The minimum Gasteiger partial charge on any atom is -0.389 e. The molecule has 1 fully saturated rings. The molecule has 0 amide bonds. The number of rotatable bonds is 8. The Labute approximate surface area is 156 Å². The molecule has 1 aliphatic carbocycles. The van der Waals surface area contributed by atoms with Crippen LogP contribution < -0.4 is 0 Å². The smallest absolute Gasteiger partial charge is 0.185 e. The summed E-state index contributed by atoms with van der Waals surface area (Å²) in [6.07, 6.45) is 2.71. The van der Waals surface area contributed by atoms with Crippen LogP contribution in [0.3, 0.4) is 0 Å². The van der Waals surface area contributed by atoms with Crippen LogP contribution in [-0.4, -0.2) is 39.3 Å². The summed E-state index contributed by atoms with van der Waals surface area (Å²) in [4.78, 5) is 38.4. The van der Waals surface area contributed by atoms with Crippen molar-refractivity contribution in [2.45, 2.75) is 72.5 Å². The van der Waals surface area contributed by atoms with Crippen molar-refractivity contribution in [1.82, 2.24) is 0 Å². The van der Waals surface area contributed by atoms with E-state index in [2.05, 4.69) is 0 Å². The van der Waals surface area contributed by atoms with Gasteiger partial charge in [0.1, 0.15) is 5.92 Å². The highest BCUT2D eigenvalue weighted by molar-refractivity contribution is 6.28. The van der Waals surface area contributed by atoms with Crippen molar-refractivity contribution in [1.29, 1.82) is 0 Å². The van der Waals surface area contributed by atoms with Crippen molar-refractivity contribution in [2.75, 3.05) is 0 Å². The first-order valence-corrected chi connectivity index (χ1v) is 9.27. The van der Waals surface area contributed by atoms with Gasteiger partial charge in [0.2, 0.25) is 0 Å². The van der Waals surface area contributed by atoms with Gasteiger partial charge in [-0.15, -0.1) is 0 Å². The highest BCUT2D eigenvalue weighted by Gasteiger charge is 2.64. The molecule has 0 spiro atoms. The minimum atomic E-state index is -2.23. The summed E-state index contributed by atoms with van der Waals surface area (Å²) in [6, 6.07) is 0. The van der Waals surface area contributed by atoms with Crippen LogP contribution in [0.25, 0.3) is 0 Å². The van der Waals surface area contributed by atoms with Crippen LogP contribution in [0.2, 0.25) is 0 Å². The average Bonchev–Trinajstić information content (AvgIpc) is 2.76. The van der Waals surface area contributed by atoms with Crippen molar-refractivity contribution in [3.05, 3.63) is 23.3 Å². The van der Waals surface area contributed by atoms with Crippen LogP contribution >= 0.6 is 0 Å². The van der Waals surface area contributed by atoms with Gasteiger partial charge in [0, 0.05) is 5.92 Å². The number of carbonyl (C=O) groups excluding carboxylic acids is 3. The molecule has 146 valence electrons. The molecule has 0 aromatic heterocycles. The highest BCUT2D eigenvalue weighted by atomic mass is 16.4. The van der Waals surface area contributed by atoms with E-state index in [1.54, 1.807) is 19.1 Å². The molecular weight excluding hydrogens is 332 g/mol. The van der Waals surface area contributed by atoms with E-state index in [1.807, 2.05) is 34.6 Å². The highest BCUT2D eigenvalue weighted by Crippen LogP contribution is 2.41. The third-order valence-electron chi connectivity index (χ3n) is 5.22. The molecule has 0 saturated heterocycles. The number of Topliss-reactive ketones (excluding diaryl/α,β-unsaturated/α-hetero) is 3. The van der Waals surface area contributed by atoms with Crippen LogP contribution in [0.15, 0.2) is 23.3 Å². The van der Waals surface area contributed by atoms with E-state index in [4.69, 9.17) is 0 Å². The maximum atomic E-state index is 12.9. The van der Waals surface area contributed by atoms with E-state index >= 15 is 0 Å². The molecule has 0 aromatic rings. The largest absolute Gasteiger partial charge is 0.389 e. The second-order valence-electron chi connectivity index (χ2n) is 7.84. The third-order valence-corrected chi connectivity index (χ3v) is 5.22. The number of allylic oxidation sites excluding steroid dienone is 3. The Morgan fingerprint density at radius 2 is 1.69 bits per heavy atom. The normalized spacial score (nSPS) is 27.8. The minimum absolute atomic E-state index is 0.0490. The summed E-state index contributed by atoms with van der Waals surface area (Å²) in [7, 11) is 0. The van der Waals surface area contributed by atoms with Crippen molar-refractivity contribution >= 4 is 17.3 Å². The van der Waals surface area contributed by atoms with E-state index in [0.717, 1.165) is 11.1 Å². The van der Waals surface area contributed by atoms with Gasteiger partial charge >= 0.3 is 0 Å². The van der Waals surface area contributed by atoms with Crippen molar-refractivity contribution in [3.63, 3.8) is 0 Å². The van der Waals surface area contributed by atoms with Crippen LogP contribution in [0, 0.1) is 17.8 Å². The van der Waals surface area contributed by atoms with Gasteiger partial charge in [-0.3, -0.25) is 14.4 Å². The first kappa shape index (κ1) is 22.5. The average molecular weight is 364 g/mol. The molecule has 5 heteroatoms. The predicted octanol–water partition coefficient (Wildman–Crippen LogP) is 2.79. The number of carbonyl (C=O) groups is 3. The van der Waals surface area contributed by atoms with Crippen LogP contribution in [0.1, 0.15) is 60.8 Å². The Morgan fingerprint density at radius 3 is 2.15 bits per heavy atom. The second kappa shape index (κ2) is 8.87. The second-order valence-corrected chi connectivity index (χ2v) is 7.84. The van der Waals surface area contributed by atoms with Gasteiger partial charge in [-0.1, -0.05) is 37.1 Å². The summed E-state index contributed by atoms with van der Waals surface area (Å²) in [6.45, 7) is 10.9. The zero-order valence-corrected chi connectivity index (χ0v) is 16.7. The third kappa shape index (κ3) is 4.38. The molecule has 1 rings (SSSR count). The number of hydrogen-bond donors (Lipinski definition) is 2. The summed E-state index contributed by atoms with van der Waals surface area (Å²) in [5.74, 6) is -4.93. The Hall–Kier alpha value is -1.59. The lowest BCUT2D eigenvalue weighted by Crippen LogP contribution is -2.52. The van der Waals surface area contributed by atoms with E-state index in [9.17, 15) is 24.6 Å². The summed E-state index contributed by atoms with van der Waals surface area (Å²) < 4.78 is 0. The molecule has 5 nitrogen and oxygen atoms in total. The van der Waals surface area contributed by atoms with Gasteiger partial charge in [0.05, 0.1) is 12.0 Å². The molecule has 0 aliphatic heterocycles. The maximum Gasteiger partial charge on any atom is 0.185 e. The molecule has 2 N–H and O–H groups in total. The van der Waals surface area contributed by atoms with E-state index in [-0.39, 0.29) is 12.8 Å². The topological polar surface area (TPSA) is 91.7 Å². The zero-order valence-electron chi connectivity index (χ0n) is 16.7. The maximum absolute atomic E-state index is 12.9. The van der Waals surface area contributed by atoms with Crippen LogP contribution in [0.4, 0.5) is 0 Å². The fraction of sp³-hybridized carbons (Fsp3) is 0.667. The Bertz CT molecular complexity index is 622. The number of ketones is 3. The predicted molar refractivity (Wildman–Crippen MR) is 101 cm³/mol. The number of aliphatic hydroxyl groups excluding tert-OH is 1. The Morgan fingerprint density at radius 1 is 1.15 bits per heavy atom. The number of aliphatic hydroxyl groups is 2. The van der Waals surface area contributed by atoms with E-state index in [1.165, 1.54) is 0 Å². The molecule has 1 saturated carbocycles. The molecule has 1 aliphatic rings. The molecule has 0 heterocycles. The van der Waals surface area contributed by atoms with E-state index < -0.39 is 46.8 Å². The molecule has 5 atom stereocenters. The molecule has 0 aromatic carbocycles. The molecule has 0 bridgehead atoms. The first-order valence-electron chi connectivity index (χ1n) is 9.27. The quantitative estimate of drug-likeness (QED) is 0.510. The van der Waals surface area contributed by atoms with Crippen molar-refractivity contribution in [3.8, 4) is 0 Å². The fourth-order valence-corrected chi connectivity index (χ4v) is 3.28. The van der Waals surface area contributed by atoms with Crippen LogP contribution in [0.5, 0.6) is 0 Å². The molecule has 3 unspecified atom stereocenters. The van der Waals surface area contributed by atoms with Gasteiger partial charge in [-0.05, 0) is 47.0 Å². The van der Waals surface area contributed by atoms with Crippen molar-refractivity contribution in [2.24, 2.45) is 17.8 Å². The lowest BCUT2D eigenvalue weighted by molar-refractivity contribution is -0.156. The lowest BCUT2D eigenvalue weighted by Gasteiger charge is -2.31.